The summed E-state index contributed by atoms with van der Waals surface area (Å²) in [4.78, 5) is 0.110. The summed E-state index contributed by atoms with van der Waals surface area (Å²) in [6, 6.07) is 11.6. The fourth-order valence-electron chi connectivity index (χ4n) is 1.63. The van der Waals surface area contributed by atoms with Crippen LogP contribution in [0.15, 0.2) is 47.4 Å². The number of benzene rings is 2. The maximum atomic E-state index is 12.3. The molecule has 0 aliphatic carbocycles. The Morgan fingerprint density at radius 1 is 1.20 bits per heavy atom. The second kappa shape index (κ2) is 6.30. The highest BCUT2D eigenvalue weighted by Crippen LogP contribution is 2.23. The van der Waals surface area contributed by atoms with E-state index in [1.165, 1.54) is 12.1 Å². The molecule has 0 aromatic heterocycles. The van der Waals surface area contributed by atoms with Gasteiger partial charge in [0.05, 0.1) is 4.90 Å². The van der Waals surface area contributed by atoms with Crippen LogP contribution in [0.4, 0.5) is 5.69 Å². The molecule has 0 saturated carbocycles. The van der Waals surface area contributed by atoms with Gasteiger partial charge in [0.2, 0.25) is 0 Å². The van der Waals surface area contributed by atoms with Crippen molar-refractivity contribution in [3.05, 3.63) is 56.6 Å². The van der Waals surface area contributed by atoms with Crippen molar-refractivity contribution < 1.29 is 8.42 Å². The third-order valence-corrected chi connectivity index (χ3v) is 5.03. The van der Waals surface area contributed by atoms with Gasteiger partial charge in [0.25, 0.3) is 10.0 Å². The molecule has 20 heavy (non-hydrogen) atoms. The van der Waals surface area contributed by atoms with Crippen LogP contribution >= 0.6 is 34.2 Å². The van der Waals surface area contributed by atoms with Crippen molar-refractivity contribution in [2.75, 3.05) is 4.72 Å². The van der Waals surface area contributed by atoms with Gasteiger partial charge < -0.3 is 5.73 Å². The highest BCUT2D eigenvalue weighted by molar-refractivity contribution is 14.1. The quantitative estimate of drug-likeness (QED) is 0.743. The molecule has 0 atom stereocenters. The van der Waals surface area contributed by atoms with Gasteiger partial charge in [0.15, 0.2) is 0 Å². The Balaban J connectivity index is 2.33. The van der Waals surface area contributed by atoms with E-state index in [1.54, 1.807) is 24.3 Å². The lowest BCUT2D eigenvalue weighted by molar-refractivity contribution is 0.601. The van der Waals surface area contributed by atoms with Gasteiger partial charge in [-0.25, -0.2) is 8.42 Å². The van der Waals surface area contributed by atoms with Crippen molar-refractivity contribution in [1.82, 2.24) is 0 Å². The molecule has 0 bridgehead atoms. The second-order valence-corrected chi connectivity index (χ2v) is 7.41. The summed E-state index contributed by atoms with van der Waals surface area (Å²) >= 11 is 8.11. The highest BCUT2D eigenvalue weighted by atomic mass is 127. The molecule has 7 heteroatoms. The van der Waals surface area contributed by atoms with E-state index >= 15 is 0 Å². The normalized spacial score (nSPS) is 11.3. The van der Waals surface area contributed by atoms with Crippen molar-refractivity contribution in [3.8, 4) is 0 Å². The minimum absolute atomic E-state index is 0.110. The van der Waals surface area contributed by atoms with E-state index < -0.39 is 10.0 Å². The number of nitrogens with one attached hydrogen (secondary N) is 1. The molecular formula is C13H12ClIN2O2S. The molecule has 2 rings (SSSR count). The van der Waals surface area contributed by atoms with Gasteiger partial charge in [-0.3, -0.25) is 4.72 Å². The van der Waals surface area contributed by atoms with Crippen molar-refractivity contribution in [2.24, 2.45) is 5.73 Å². The predicted molar refractivity (Wildman–Crippen MR) is 89.3 cm³/mol. The van der Waals surface area contributed by atoms with E-state index in [1.807, 2.05) is 6.07 Å². The summed E-state index contributed by atoms with van der Waals surface area (Å²) in [6.45, 7) is 0.267. The van der Waals surface area contributed by atoms with Gasteiger partial charge in [-0.15, -0.1) is 0 Å². The van der Waals surface area contributed by atoms with Crippen molar-refractivity contribution in [2.45, 2.75) is 11.4 Å². The molecule has 0 amide bonds. The molecule has 2 aromatic carbocycles. The third-order valence-electron chi connectivity index (χ3n) is 2.63. The maximum absolute atomic E-state index is 12.3. The zero-order chi connectivity index (χ0) is 14.8. The van der Waals surface area contributed by atoms with Crippen molar-refractivity contribution in [3.63, 3.8) is 0 Å². The smallest absolute Gasteiger partial charge is 0.261 e. The van der Waals surface area contributed by atoms with Crippen molar-refractivity contribution >= 4 is 49.9 Å². The molecule has 0 aliphatic rings. The van der Waals surface area contributed by atoms with Crippen LogP contribution < -0.4 is 10.5 Å². The van der Waals surface area contributed by atoms with Crippen LogP contribution in [0.25, 0.3) is 0 Å². The minimum atomic E-state index is -3.66. The summed E-state index contributed by atoms with van der Waals surface area (Å²) in [5.41, 5.74) is 6.72. The first-order valence-corrected chi connectivity index (χ1v) is 8.63. The molecule has 2 aromatic rings. The predicted octanol–water partition coefficient (Wildman–Crippen LogP) is 3.20. The Hall–Kier alpha value is -0.830. The SMILES string of the molecule is NCc1ccc(S(=O)(=O)Nc2cccc(I)c2)cc1Cl. The number of anilines is 1. The Morgan fingerprint density at radius 2 is 1.95 bits per heavy atom. The summed E-state index contributed by atoms with van der Waals surface area (Å²) in [7, 11) is -3.66. The average molecular weight is 423 g/mol. The lowest BCUT2D eigenvalue weighted by atomic mass is 10.2. The standard InChI is InChI=1S/C13H12ClIN2O2S/c14-13-7-12(5-4-9(13)8-16)20(18,19)17-11-3-1-2-10(15)6-11/h1-7,17H,8,16H2. The van der Waals surface area contributed by atoms with Crippen LogP contribution in [-0.2, 0) is 16.6 Å². The first-order chi connectivity index (χ1) is 9.42. The lowest BCUT2D eigenvalue weighted by Crippen LogP contribution is -2.13. The fourth-order valence-corrected chi connectivity index (χ4v) is 3.57. The van der Waals surface area contributed by atoms with Gasteiger partial charge in [0.1, 0.15) is 0 Å². The van der Waals surface area contributed by atoms with E-state index in [0.717, 1.165) is 3.57 Å². The molecule has 0 fully saturated rings. The monoisotopic (exact) mass is 422 g/mol. The molecule has 0 radical (unpaired) electrons. The Kier molecular flexibility index (Phi) is 4.90. The van der Waals surface area contributed by atoms with Gasteiger partial charge in [0, 0.05) is 20.8 Å². The van der Waals surface area contributed by atoms with E-state index in [0.29, 0.717) is 16.3 Å². The van der Waals surface area contributed by atoms with Crippen LogP contribution in [0.2, 0.25) is 5.02 Å². The summed E-state index contributed by atoms with van der Waals surface area (Å²) < 4.78 is 28.0. The number of nitrogens with two attached hydrogens (primary N) is 1. The third kappa shape index (κ3) is 3.63. The molecule has 0 spiro atoms. The molecule has 106 valence electrons. The molecule has 0 aliphatic heterocycles. The van der Waals surface area contributed by atoms with Gasteiger partial charge in [-0.2, -0.15) is 0 Å². The zero-order valence-electron chi connectivity index (χ0n) is 10.3. The zero-order valence-corrected chi connectivity index (χ0v) is 14.0. The molecule has 3 N–H and O–H groups in total. The fraction of sp³-hybridized carbons (Fsp3) is 0.0769. The van der Waals surface area contributed by atoms with Crippen LogP contribution in [0.3, 0.4) is 0 Å². The summed E-state index contributed by atoms with van der Waals surface area (Å²) in [5.74, 6) is 0. The van der Waals surface area contributed by atoms with E-state index in [9.17, 15) is 8.42 Å². The van der Waals surface area contributed by atoms with E-state index in [4.69, 9.17) is 17.3 Å². The van der Waals surface area contributed by atoms with Crippen LogP contribution in [0.5, 0.6) is 0 Å². The summed E-state index contributed by atoms with van der Waals surface area (Å²) in [6.07, 6.45) is 0. The van der Waals surface area contributed by atoms with E-state index in [-0.39, 0.29) is 11.4 Å². The lowest BCUT2D eigenvalue weighted by Gasteiger charge is -2.10. The topological polar surface area (TPSA) is 72.2 Å². The maximum Gasteiger partial charge on any atom is 0.261 e. The molecule has 0 heterocycles. The Bertz CT molecular complexity index is 735. The highest BCUT2D eigenvalue weighted by Gasteiger charge is 2.15. The number of halogens is 2. The van der Waals surface area contributed by atoms with Gasteiger partial charge >= 0.3 is 0 Å². The Morgan fingerprint density at radius 3 is 2.55 bits per heavy atom. The van der Waals surface area contributed by atoms with Crippen LogP contribution in [-0.4, -0.2) is 8.42 Å². The number of hydrogen-bond acceptors (Lipinski definition) is 3. The summed E-state index contributed by atoms with van der Waals surface area (Å²) in [5, 5.41) is 0.345. The largest absolute Gasteiger partial charge is 0.326 e. The average Bonchev–Trinajstić information content (AvgIpc) is 2.38. The van der Waals surface area contributed by atoms with E-state index in [2.05, 4.69) is 27.3 Å². The van der Waals surface area contributed by atoms with Crippen LogP contribution in [0, 0.1) is 3.57 Å². The molecular weight excluding hydrogens is 411 g/mol. The number of rotatable bonds is 4. The van der Waals surface area contributed by atoms with Crippen LogP contribution in [0.1, 0.15) is 5.56 Å². The van der Waals surface area contributed by atoms with Gasteiger partial charge in [-0.05, 0) is 58.5 Å². The first kappa shape index (κ1) is 15.6. The second-order valence-electron chi connectivity index (χ2n) is 4.07. The molecule has 4 nitrogen and oxygen atoms in total. The number of sulfonamides is 1. The number of hydrogen-bond donors (Lipinski definition) is 2. The van der Waals surface area contributed by atoms with Crippen molar-refractivity contribution in [1.29, 1.82) is 0 Å². The Labute approximate surface area is 136 Å². The molecule has 0 saturated heterocycles. The first-order valence-electron chi connectivity index (χ1n) is 5.69. The molecule has 0 unspecified atom stereocenters. The minimum Gasteiger partial charge on any atom is -0.326 e. The van der Waals surface area contributed by atoms with Gasteiger partial charge in [-0.1, -0.05) is 23.7 Å².